The molecule has 0 heterocycles. The maximum atomic E-state index is 11.8. The lowest BCUT2D eigenvalue weighted by Gasteiger charge is -2.28. The van der Waals surface area contributed by atoms with E-state index in [9.17, 15) is 4.79 Å². The molecule has 2 saturated carbocycles. The van der Waals surface area contributed by atoms with Crippen molar-refractivity contribution in [1.82, 2.24) is 5.32 Å². The van der Waals surface area contributed by atoms with Crippen molar-refractivity contribution in [3.63, 3.8) is 0 Å². The van der Waals surface area contributed by atoms with Crippen molar-refractivity contribution in [2.75, 3.05) is 5.33 Å². The molecule has 0 aliphatic heterocycles. The van der Waals surface area contributed by atoms with Gasteiger partial charge in [-0.3, -0.25) is 4.79 Å². The van der Waals surface area contributed by atoms with E-state index in [0.717, 1.165) is 35.9 Å². The minimum atomic E-state index is 0.251. The number of fused-ring (bicyclic) bond motifs is 2. The average molecular weight is 302 g/mol. The van der Waals surface area contributed by atoms with Crippen LogP contribution in [0.15, 0.2) is 0 Å². The number of carbonyl (C=O) groups excluding carboxylic acids is 1. The van der Waals surface area contributed by atoms with Crippen LogP contribution in [0.3, 0.4) is 0 Å². The third-order valence-corrected chi connectivity index (χ3v) is 5.17. The Labute approximate surface area is 113 Å². The maximum Gasteiger partial charge on any atom is 0.220 e. The van der Waals surface area contributed by atoms with Gasteiger partial charge in [-0.1, -0.05) is 22.4 Å². The number of rotatable bonds is 6. The van der Waals surface area contributed by atoms with Gasteiger partial charge in [-0.05, 0) is 56.8 Å². The zero-order valence-corrected chi connectivity index (χ0v) is 12.3. The summed E-state index contributed by atoms with van der Waals surface area (Å²) in [5.41, 5.74) is 0. The highest BCUT2D eigenvalue weighted by Crippen LogP contribution is 2.49. The first-order valence-electron chi connectivity index (χ1n) is 7.06. The first-order valence-corrected chi connectivity index (χ1v) is 8.18. The lowest BCUT2D eigenvalue weighted by atomic mass is 9.84. The SMILES string of the molecule is CC(NC(=O)CCCCBr)C1CC2CCC1C2. The van der Waals surface area contributed by atoms with Gasteiger partial charge in [0, 0.05) is 17.8 Å². The van der Waals surface area contributed by atoms with Crippen LogP contribution in [0.2, 0.25) is 0 Å². The molecule has 1 amide bonds. The smallest absolute Gasteiger partial charge is 0.220 e. The minimum absolute atomic E-state index is 0.251. The molecule has 2 aliphatic carbocycles. The summed E-state index contributed by atoms with van der Waals surface area (Å²) >= 11 is 3.39. The monoisotopic (exact) mass is 301 g/mol. The maximum absolute atomic E-state index is 11.8. The molecule has 3 heteroatoms. The Balaban J connectivity index is 1.70. The second kappa shape index (κ2) is 6.21. The number of hydrogen-bond acceptors (Lipinski definition) is 1. The standard InChI is InChI=1S/C14H24BrNO/c1-10(16-14(17)4-2-3-7-15)13-9-11-5-6-12(13)8-11/h10-13H,2-9H2,1H3,(H,16,17). The predicted octanol–water partition coefficient (Wildman–Crippen LogP) is 3.49. The van der Waals surface area contributed by atoms with Gasteiger partial charge in [-0.2, -0.15) is 0 Å². The van der Waals surface area contributed by atoms with E-state index in [2.05, 4.69) is 28.2 Å². The summed E-state index contributed by atoms with van der Waals surface area (Å²) in [7, 11) is 0. The van der Waals surface area contributed by atoms with E-state index < -0.39 is 0 Å². The van der Waals surface area contributed by atoms with Crippen LogP contribution in [-0.4, -0.2) is 17.3 Å². The molecule has 0 spiro atoms. The van der Waals surface area contributed by atoms with Crippen LogP contribution in [0.4, 0.5) is 0 Å². The molecule has 2 aliphatic rings. The molecule has 0 saturated heterocycles. The van der Waals surface area contributed by atoms with Gasteiger partial charge in [-0.25, -0.2) is 0 Å². The van der Waals surface area contributed by atoms with Crippen LogP contribution in [-0.2, 0) is 4.79 Å². The molecule has 98 valence electrons. The average Bonchev–Trinajstić information content (AvgIpc) is 2.91. The summed E-state index contributed by atoms with van der Waals surface area (Å²) in [5, 5.41) is 4.21. The quantitative estimate of drug-likeness (QED) is 0.590. The van der Waals surface area contributed by atoms with Gasteiger partial charge in [0.2, 0.25) is 5.91 Å². The van der Waals surface area contributed by atoms with E-state index in [-0.39, 0.29) is 5.91 Å². The van der Waals surface area contributed by atoms with Crippen molar-refractivity contribution >= 4 is 21.8 Å². The molecule has 1 N–H and O–H groups in total. The summed E-state index contributed by atoms with van der Waals surface area (Å²) in [4.78, 5) is 11.8. The lowest BCUT2D eigenvalue weighted by molar-refractivity contribution is -0.122. The summed E-state index contributed by atoms with van der Waals surface area (Å²) in [5.74, 6) is 2.88. The number of amides is 1. The van der Waals surface area contributed by atoms with E-state index in [4.69, 9.17) is 0 Å². The lowest BCUT2D eigenvalue weighted by Crippen LogP contribution is -2.40. The van der Waals surface area contributed by atoms with Gasteiger partial charge in [0.1, 0.15) is 0 Å². The molecule has 0 aromatic heterocycles. The molecular weight excluding hydrogens is 278 g/mol. The van der Waals surface area contributed by atoms with E-state index in [1.54, 1.807) is 0 Å². The Hall–Kier alpha value is -0.0500. The third-order valence-electron chi connectivity index (χ3n) is 4.61. The fourth-order valence-corrected chi connectivity index (χ4v) is 4.12. The first-order chi connectivity index (χ1) is 8.20. The summed E-state index contributed by atoms with van der Waals surface area (Å²) in [6.45, 7) is 2.20. The predicted molar refractivity (Wildman–Crippen MR) is 74.2 cm³/mol. The molecular formula is C14H24BrNO. The number of carbonyl (C=O) groups is 1. The number of nitrogens with one attached hydrogen (secondary N) is 1. The fourth-order valence-electron chi connectivity index (χ4n) is 3.72. The van der Waals surface area contributed by atoms with Gasteiger partial charge in [0.25, 0.3) is 0 Å². The van der Waals surface area contributed by atoms with Crippen molar-refractivity contribution in [2.24, 2.45) is 17.8 Å². The van der Waals surface area contributed by atoms with Crippen LogP contribution < -0.4 is 5.32 Å². The Morgan fingerprint density at radius 1 is 1.35 bits per heavy atom. The molecule has 0 radical (unpaired) electrons. The van der Waals surface area contributed by atoms with Crippen LogP contribution in [0, 0.1) is 17.8 Å². The van der Waals surface area contributed by atoms with Crippen LogP contribution in [0.25, 0.3) is 0 Å². The van der Waals surface area contributed by atoms with Crippen molar-refractivity contribution in [1.29, 1.82) is 0 Å². The summed E-state index contributed by atoms with van der Waals surface area (Å²) < 4.78 is 0. The highest BCUT2D eigenvalue weighted by atomic mass is 79.9. The Kier molecular flexibility index (Phi) is 4.89. The molecule has 2 bridgehead atoms. The zero-order valence-electron chi connectivity index (χ0n) is 10.8. The highest BCUT2D eigenvalue weighted by Gasteiger charge is 2.41. The number of halogens is 1. The zero-order chi connectivity index (χ0) is 12.3. The number of hydrogen-bond donors (Lipinski definition) is 1. The normalized spacial score (nSPS) is 32.7. The summed E-state index contributed by atoms with van der Waals surface area (Å²) in [6.07, 6.45) is 8.40. The first kappa shape index (κ1) is 13.4. The van der Waals surface area contributed by atoms with Crippen molar-refractivity contribution < 1.29 is 4.79 Å². The molecule has 0 aromatic carbocycles. The third kappa shape index (κ3) is 3.46. The van der Waals surface area contributed by atoms with Gasteiger partial charge in [-0.15, -0.1) is 0 Å². The highest BCUT2D eigenvalue weighted by molar-refractivity contribution is 9.09. The van der Waals surface area contributed by atoms with E-state index >= 15 is 0 Å². The molecule has 17 heavy (non-hydrogen) atoms. The fraction of sp³-hybridized carbons (Fsp3) is 0.929. The van der Waals surface area contributed by atoms with E-state index in [1.807, 2.05) is 0 Å². The molecule has 2 nitrogen and oxygen atoms in total. The molecule has 4 atom stereocenters. The topological polar surface area (TPSA) is 29.1 Å². The Morgan fingerprint density at radius 3 is 2.76 bits per heavy atom. The van der Waals surface area contributed by atoms with Crippen LogP contribution in [0.1, 0.15) is 51.9 Å². The van der Waals surface area contributed by atoms with Gasteiger partial charge >= 0.3 is 0 Å². The largest absolute Gasteiger partial charge is 0.353 e. The van der Waals surface area contributed by atoms with Gasteiger partial charge < -0.3 is 5.32 Å². The molecule has 0 aromatic rings. The summed E-state index contributed by atoms with van der Waals surface area (Å²) in [6, 6.07) is 0.391. The Bertz CT molecular complexity index is 269. The van der Waals surface area contributed by atoms with Crippen LogP contribution >= 0.6 is 15.9 Å². The number of alkyl halides is 1. The molecule has 2 rings (SSSR count). The second-order valence-corrected chi connectivity index (χ2v) is 6.63. The second-order valence-electron chi connectivity index (χ2n) is 5.84. The molecule has 4 unspecified atom stereocenters. The number of unbranched alkanes of at least 4 members (excludes halogenated alkanes) is 1. The minimum Gasteiger partial charge on any atom is -0.353 e. The van der Waals surface area contributed by atoms with Crippen LogP contribution in [0.5, 0.6) is 0 Å². The van der Waals surface area contributed by atoms with Gasteiger partial charge in [0.15, 0.2) is 0 Å². The Morgan fingerprint density at radius 2 is 2.18 bits per heavy atom. The van der Waals surface area contributed by atoms with E-state index in [0.29, 0.717) is 12.5 Å². The van der Waals surface area contributed by atoms with Crippen molar-refractivity contribution in [3.8, 4) is 0 Å². The molecule has 2 fully saturated rings. The van der Waals surface area contributed by atoms with Crippen molar-refractivity contribution in [3.05, 3.63) is 0 Å². The van der Waals surface area contributed by atoms with E-state index in [1.165, 1.54) is 25.7 Å². The van der Waals surface area contributed by atoms with Gasteiger partial charge in [0.05, 0.1) is 0 Å². The van der Waals surface area contributed by atoms with Crippen molar-refractivity contribution in [2.45, 2.75) is 57.9 Å².